The molecule has 0 aliphatic carbocycles. The van der Waals surface area contributed by atoms with Gasteiger partial charge < -0.3 is 20.1 Å². The van der Waals surface area contributed by atoms with Crippen molar-refractivity contribution in [2.75, 3.05) is 18.4 Å². The van der Waals surface area contributed by atoms with Crippen LogP contribution in [0.15, 0.2) is 79.1 Å². The van der Waals surface area contributed by atoms with Gasteiger partial charge in [-0.1, -0.05) is 24.3 Å². The molecule has 1 saturated heterocycles. The first-order chi connectivity index (χ1) is 17.5. The van der Waals surface area contributed by atoms with Crippen molar-refractivity contribution < 1.29 is 0 Å². The van der Waals surface area contributed by atoms with Crippen molar-refractivity contribution in [1.82, 2.24) is 24.8 Å². The molecule has 4 heterocycles. The Morgan fingerprint density at radius 1 is 0.944 bits per heavy atom. The van der Waals surface area contributed by atoms with Gasteiger partial charge in [-0.3, -0.25) is 4.98 Å². The van der Waals surface area contributed by atoms with Gasteiger partial charge in [-0.25, -0.2) is 4.98 Å². The van der Waals surface area contributed by atoms with Crippen molar-refractivity contribution in [1.29, 1.82) is 0 Å². The molecule has 4 aromatic rings. The summed E-state index contributed by atoms with van der Waals surface area (Å²) in [5, 5.41) is 7.87. The van der Waals surface area contributed by atoms with Gasteiger partial charge in [-0.05, 0) is 93.0 Å². The van der Waals surface area contributed by atoms with E-state index in [0.717, 1.165) is 47.5 Å². The van der Waals surface area contributed by atoms with Gasteiger partial charge >= 0.3 is 0 Å². The van der Waals surface area contributed by atoms with E-state index in [4.69, 9.17) is 12.2 Å². The lowest BCUT2D eigenvalue weighted by Crippen LogP contribution is -2.31. The molecule has 0 spiro atoms. The Balaban J connectivity index is 1.46. The summed E-state index contributed by atoms with van der Waals surface area (Å²) in [7, 11) is 0. The van der Waals surface area contributed by atoms with E-state index in [9.17, 15) is 0 Å². The molecule has 0 radical (unpaired) electrons. The SMILES string of the molecule is Cc1ccnc(-n2c(C)cc([C@H]3[C@H](c4ccccn4)NC(=S)N3CCCNc3ccccc3)c2C)c1. The fourth-order valence-electron chi connectivity index (χ4n) is 5.11. The normalized spacial score (nSPS) is 17.3. The second kappa shape index (κ2) is 10.5. The van der Waals surface area contributed by atoms with E-state index in [-0.39, 0.29) is 12.1 Å². The lowest BCUT2D eigenvalue weighted by molar-refractivity contribution is 0.315. The maximum Gasteiger partial charge on any atom is 0.170 e. The Bertz CT molecular complexity index is 1330. The van der Waals surface area contributed by atoms with Crippen molar-refractivity contribution >= 4 is 23.0 Å². The summed E-state index contributed by atoms with van der Waals surface area (Å²) in [6, 6.07) is 22.8. The van der Waals surface area contributed by atoms with E-state index in [1.54, 1.807) is 0 Å². The van der Waals surface area contributed by atoms with Crippen LogP contribution in [0.25, 0.3) is 5.82 Å². The summed E-state index contributed by atoms with van der Waals surface area (Å²) in [5.74, 6) is 0.942. The Morgan fingerprint density at radius 3 is 2.50 bits per heavy atom. The molecule has 2 N–H and O–H groups in total. The molecule has 3 aromatic heterocycles. The number of rotatable bonds is 8. The summed E-state index contributed by atoms with van der Waals surface area (Å²) >= 11 is 5.88. The fraction of sp³-hybridized carbons (Fsp3) is 0.276. The van der Waals surface area contributed by atoms with Crippen molar-refractivity contribution in [3.8, 4) is 5.82 Å². The first-order valence-electron chi connectivity index (χ1n) is 12.4. The molecule has 36 heavy (non-hydrogen) atoms. The van der Waals surface area contributed by atoms with Crippen molar-refractivity contribution in [2.24, 2.45) is 0 Å². The Labute approximate surface area is 218 Å². The molecule has 6 nitrogen and oxygen atoms in total. The molecule has 2 atom stereocenters. The van der Waals surface area contributed by atoms with Gasteiger partial charge in [-0.2, -0.15) is 0 Å². The molecular formula is C29H32N6S. The minimum absolute atomic E-state index is 0.0276. The highest BCUT2D eigenvalue weighted by Gasteiger charge is 2.41. The van der Waals surface area contributed by atoms with Gasteiger partial charge in [0.25, 0.3) is 0 Å². The number of benzene rings is 1. The van der Waals surface area contributed by atoms with Gasteiger partial charge in [0, 0.05) is 42.6 Å². The summed E-state index contributed by atoms with van der Waals surface area (Å²) < 4.78 is 2.24. The molecule has 7 heteroatoms. The highest BCUT2D eigenvalue weighted by molar-refractivity contribution is 7.80. The third kappa shape index (κ3) is 4.84. The van der Waals surface area contributed by atoms with Crippen LogP contribution in [-0.2, 0) is 0 Å². The molecule has 1 aromatic carbocycles. The molecule has 184 valence electrons. The number of nitrogens with one attached hydrogen (secondary N) is 2. The van der Waals surface area contributed by atoms with Crippen LogP contribution in [0, 0.1) is 20.8 Å². The van der Waals surface area contributed by atoms with E-state index in [1.165, 1.54) is 16.8 Å². The van der Waals surface area contributed by atoms with Crippen LogP contribution in [0.1, 0.15) is 46.7 Å². The predicted octanol–water partition coefficient (Wildman–Crippen LogP) is 5.67. The highest BCUT2D eigenvalue weighted by Crippen LogP contribution is 2.41. The van der Waals surface area contributed by atoms with Crippen molar-refractivity contribution in [3.05, 3.63) is 107 Å². The number of hydrogen-bond donors (Lipinski definition) is 2. The van der Waals surface area contributed by atoms with E-state index in [2.05, 4.69) is 81.2 Å². The second-order valence-electron chi connectivity index (χ2n) is 9.32. The number of aromatic nitrogens is 3. The Kier molecular flexibility index (Phi) is 7.00. The maximum atomic E-state index is 5.88. The molecule has 0 bridgehead atoms. The van der Waals surface area contributed by atoms with E-state index >= 15 is 0 Å². The number of para-hydroxylation sites is 1. The molecule has 1 aliphatic rings. The van der Waals surface area contributed by atoms with E-state index in [1.807, 2.05) is 48.8 Å². The number of aryl methyl sites for hydroxylation is 2. The van der Waals surface area contributed by atoms with Crippen LogP contribution in [0.2, 0.25) is 0 Å². The minimum Gasteiger partial charge on any atom is -0.385 e. The third-order valence-electron chi connectivity index (χ3n) is 6.80. The van der Waals surface area contributed by atoms with Gasteiger partial charge in [0.05, 0.1) is 17.8 Å². The zero-order valence-electron chi connectivity index (χ0n) is 21.0. The largest absolute Gasteiger partial charge is 0.385 e. The molecule has 1 fully saturated rings. The first-order valence-corrected chi connectivity index (χ1v) is 12.8. The van der Waals surface area contributed by atoms with E-state index in [0.29, 0.717) is 0 Å². The van der Waals surface area contributed by atoms with Crippen LogP contribution in [-0.4, -0.2) is 37.6 Å². The molecule has 1 aliphatic heterocycles. The Morgan fingerprint density at radius 2 is 1.75 bits per heavy atom. The third-order valence-corrected chi connectivity index (χ3v) is 7.15. The standard InChI is InChI=1S/C29H32N6S/c1-20-13-16-32-26(18-20)35-21(2)19-24(22(35)3)28-27(25-12-7-8-14-31-25)33-29(36)34(28)17-9-15-30-23-10-5-4-6-11-23/h4-8,10-14,16,18-19,27-28,30H,9,15,17H2,1-3H3,(H,33,36)/t27-,28-/m0/s1. The number of thiocarbonyl (C=S) groups is 1. The number of hydrogen-bond acceptors (Lipinski definition) is 4. The number of anilines is 1. The van der Waals surface area contributed by atoms with Crippen LogP contribution in [0.3, 0.4) is 0 Å². The first kappa shape index (κ1) is 24.0. The number of nitrogens with zero attached hydrogens (tertiary/aromatic N) is 4. The molecule has 0 saturated carbocycles. The van der Waals surface area contributed by atoms with Gasteiger partial charge in [-0.15, -0.1) is 0 Å². The second-order valence-corrected chi connectivity index (χ2v) is 9.71. The molecular weight excluding hydrogens is 464 g/mol. The maximum absolute atomic E-state index is 5.88. The van der Waals surface area contributed by atoms with Crippen LogP contribution < -0.4 is 10.6 Å². The topological polar surface area (TPSA) is 58.0 Å². The monoisotopic (exact) mass is 496 g/mol. The quantitative estimate of drug-likeness (QED) is 0.242. The van der Waals surface area contributed by atoms with E-state index < -0.39 is 0 Å². The molecule has 0 unspecified atom stereocenters. The summed E-state index contributed by atoms with van der Waals surface area (Å²) in [6.07, 6.45) is 4.68. The number of pyridine rings is 2. The van der Waals surface area contributed by atoms with Crippen LogP contribution >= 0.6 is 12.2 Å². The molecule has 5 rings (SSSR count). The van der Waals surface area contributed by atoms with Crippen LogP contribution in [0.4, 0.5) is 5.69 Å². The summed E-state index contributed by atoms with van der Waals surface area (Å²) in [4.78, 5) is 11.7. The fourth-order valence-corrected chi connectivity index (χ4v) is 5.44. The summed E-state index contributed by atoms with van der Waals surface area (Å²) in [6.45, 7) is 8.13. The van der Waals surface area contributed by atoms with Gasteiger partial charge in [0.1, 0.15) is 5.82 Å². The van der Waals surface area contributed by atoms with Gasteiger partial charge in [0.15, 0.2) is 5.11 Å². The zero-order chi connectivity index (χ0) is 25.1. The van der Waals surface area contributed by atoms with Crippen molar-refractivity contribution in [2.45, 2.75) is 39.3 Å². The molecule has 0 amide bonds. The van der Waals surface area contributed by atoms with Crippen molar-refractivity contribution in [3.63, 3.8) is 0 Å². The predicted molar refractivity (Wildman–Crippen MR) is 149 cm³/mol. The average Bonchev–Trinajstić information content (AvgIpc) is 3.37. The highest BCUT2D eigenvalue weighted by atomic mass is 32.1. The zero-order valence-corrected chi connectivity index (χ0v) is 21.8. The lowest BCUT2D eigenvalue weighted by atomic mass is 9.96. The summed E-state index contributed by atoms with van der Waals surface area (Å²) in [5.41, 5.74) is 6.90. The smallest absolute Gasteiger partial charge is 0.170 e. The average molecular weight is 497 g/mol. The lowest BCUT2D eigenvalue weighted by Gasteiger charge is -2.28. The Hall–Kier alpha value is -3.71. The van der Waals surface area contributed by atoms with Crippen LogP contribution in [0.5, 0.6) is 0 Å². The minimum atomic E-state index is -0.0276. The van der Waals surface area contributed by atoms with Gasteiger partial charge in [0.2, 0.25) is 0 Å².